The Hall–Kier alpha value is -1.34. The Morgan fingerprint density at radius 1 is 1.56 bits per heavy atom. The van der Waals surface area contributed by atoms with Gasteiger partial charge in [0.05, 0.1) is 12.1 Å². The van der Waals surface area contributed by atoms with Crippen LogP contribution in [-0.2, 0) is 14.3 Å². The topological polar surface area (TPSA) is 96.9 Å². The monoisotopic (exact) mass is 260 g/mol. The van der Waals surface area contributed by atoms with Crippen LogP contribution in [0.25, 0.3) is 0 Å². The molecule has 0 aliphatic carbocycles. The third-order valence-corrected chi connectivity index (χ3v) is 2.91. The molecule has 0 radical (unpaired) electrons. The fourth-order valence-corrected chi connectivity index (χ4v) is 1.78. The average Bonchev–Trinajstić information content (AvgIpc) is 2.70. The highest BCUT2D eigenvalue weighted by atomic mass is 16.5. The van der Waals surface area contributed by atoms with E-state index < -0.39 is 18.0 Å². The van der Waals surface area contributed by atoms with Gasteiger partial charge in [-0.3, -0.25) is 0 Å². The highest BCUT2D eigenvalue weighted by molar-refractivity contribution is 5.82. The second kappa shape index (κ2) is 7.17. The largest absolute Gasteiger partial charge is 0.480 e. The van der Waals surface area contributed by atoms with E-state index in [0.717, 1.165) is 6.42 Å². The number of carboxylic acids is 1. The van der Waals surface area contributed by atoms with Crippen molar-refractivity contribution in [2.75, 3.05) is 20.3 Å². The molecule has 3 N–H and O–H groups in total. The molecule has 0 aromatic rings. The molecule has 1 rings (SSSR count). The molecule has 3 atom stereocenters. The minimum atomic E-state index is -1.07. The highest BCUT2D eigenvalue weighted by Gasteiger charge is 2.27. The van der Waals surface area contributed by atoms with Gasteiger partial charge in [-0.15, -0.1) is 0 Å². The third kappa shape index (κ3) is 4.50. The van der Waals surface area contributed by atoms with Crippen LogP contribution in [0, 0.1) is 0 Å². The smallest absolute Gasteiger partial charge is 0.326 e. The molecule has 1 saturated heterocycles. The maximum absolute atomic E-state index is 11.6. The van der Waals surface area contributed by atoms with Crippen LogP contribution < -0.4 is 10.6 Å². The number of hydrogen-bond donors (Lipinski definition) is 3. The van der Waals surface area contributed by atoms with Crippen LogP contribution in [0.15, 0.2) is 0 Å². The quantitative estimate of drug-likeness (QED) is 0.622. The summed E-state index contributed by atoms with van der Waals surface area (Å²) in [6, 6.07) is -1.50. The Kier molecular flexibility index (Phi) is 5.87. The molecule has 1 heterocycles. The molecule has 7 heteroatoms. The predicted molar refractivity (Wildman–Crippen MR) is 63.4 cm³/mol. The van der Waals surface area contributed by atoms with E-state index in [-0.39, 0.29) is 25.2 Å². The van der Waals surface area contributed by atoms with Crippen LogP contribution in [0.1, 0.15) is 19.8 Å². The number of amides is 2. The summed E-state index contributed by atoms with van der Waals surface area (Å²) >= 11 is 0. The summed E-state index contributed by atoms with van der Waals surface area (Å²) in [5.74, 6) is -1.07. The fraction of sp³-hybridized carbons (Fsp3) is 0.818. The van der Waals surface area contributed by atoms with Crippen molar-refractivity contribution in [1.82, 2.24) is 10.6 Å². The van der Waals surface area contributed by atoms with Gasteiger partial charge in [0.15, 0.2) is 0 Å². The van der Waals surface area contributed by atoms with E-state index in [0.29, 0.717) is 6.61 Å². The number of carboxylic acid groups (broad SMARTS) is 1. The van der Waals surface area contributed by atoms with Crippen molar-refractivity contribution in [1.29, 1.82) is 0 Å². The van der Waals surface area contributed by atoms with Crippen LogP contribution in [0.4, 0.5) is 4.79 Å². The molecule has 1 aliphatic heterocycles. The van der Waals surface area contributed by atoms with Gasteiger partial charge in [0.1, 0.15) is 6.04 Å². The van der Waals surface area contributed by atoms with Gasteiger partial charge in [0, 0.05) is 26.7 Å². The second-order valence-corrected chi connectivity index (χ2v) is 4.26. The van der Waals surface area contributed by atoms with E-state index in [4.69, 9.17) is 14.6 Å². The van der Waals surface area contributed by atoms with Gasteiger partial charge in [-0.2, -0.15) is 0 Å². The first-order chi connectivity index (χ1) is 8.54. The molecule has 104 valence electrons. The van der Waals surface area contributed by atoms with Gasteiger partial charge in [-0.1, -0.05) is 0 Å². The number of carbonyl (C=O) groups is 2. The van der Waals surface area contributed by atoms with Crippen molar-refractivity contribution < 1.29 is 24.2 Å². The zero-order valence-corrected chi connectivity index (χ0v) is 10.6. The number of hydrogen-bond acceptors (Lipinski definition) is 4. The number of rotatable bonds is 6. The van der Waals surface area contributed by atoms with Crippen molar-refractivity contribution in [2.45, 2.75) is 38.0 Å². The number of urea groups is 1. The minimum absolute atomic E-state index is 0.0435. The maximum Gasteiger partial charge on any atom is 0.326 e. The van der Waals surface area contributed by atoms with Gasteiger partial charge in [-0.25, -0.2) is 9.59 Å². The Morgan fingerprint density at radius 2 is 2.28 bits per heavy atom. The first kappa shape index (κ1) is 14.7. The summed E-state index contributed by atoms with van der Waals surface area (Å²) in [6.45, 7) is 2.76. The van der Waals surface area contributed by atoms with E-state index in [1.165, 1.54) is 7.11 Å². The highest BCUT2D eigenvalue weighted by Crippen LogP contribution is 2.12. The lowest BCUT2D eigenvalue weighted by Gasteiger charge is -2.19. The van der Waals surface area contributed by atoms with Crippen molar-refractivity contribution in [3.05, 3.63) is 0 Å². The van der Waals surface area contributed by atoms with Crippen molar-refractivity contribution in [3.8, 4) is 0 Å². The van der Waals surface area contributed by atoms with Crippen molar-refractivity contribution in [2.24, 2.45) is 0 Å². The SMILES string of the molecule is COCCC(NC(=O)NC1CCOC1C)C(=O)O. The third-order valence-electron chi connectivity index (χ3n) is 2.91. The van der Waals surface area contributed by atoms with Crippen LogP contribution in [0.3, 0.4) is 0 Å². The van der Waals surface area contributed by atoms with E-state index >= 15 is 0 Å². The Bertz CT molecular complexity index is 297. The Labute approximate surface area is 106 Å². The molecule has 3 unspecified atom stereocenters. The summed E-state index contributed by atoms with van der Waals surface area (Å²) in [4.78, 5) is 22.6. The number of carbonyl (C=O) groups excluding carboxylic acids is 1. The van der Waals surface area contributed by atoms with Gasteiger partial charge < -0.3 is 25.2 Å². The maximum atomic E-state index is 11.6. The molecule has 0 aromatic carbocycles. The first-order valence-corrected chi connectivity index (χ1v) is 5.95. The molecule has 2 amide bonds. The average molecular weight is 260 g/mol. The van der Waals surface area contributed by atoms with Crippen LogP contribution in [-0.4, -0.2) is 55.6 Å². The second-order valence-electron chi connectivity index (χ2n) is 4.26. The fourth-order valence-electron chi connectivity index (χ4n) is 1.78. The Morgan fingerprint density at radius 3 is 2.78 bits per heavy atom. The minimum Gasteiger partial charge on any atom is -0.480 e. The molecular weight excluding hydrogens is 240 g/mol. The van der Waals surface area contributed by atoms with Crippen LogP contribution >= 0.6 is 0 Å². The van der Waals surface area contributed by atoms with E-state index in [1.807, 2.05) is 6.92 Å². The first-order valence-electron chi connectivity index (χ1n) is 5.95. The standard InChI is InChI=1S/C11H20N2O5/c1-7-8(4-6-18-7)12-11(16)13-9(10(14)15)3-5-17-2/h7-9H,3-6H2,1-2H3,(H,14,15)(H2,12,13,16). The zero-order chi connectivity index (χ0) is 13.5. The number of methoxy groups -OCH3 is 1. The summed E-state index contributed by atoms with van der Waals surface area (Å²) in [6.07, 6.45) is 0.929. The van der Waals surface area contributed by atoms with E-state index in [2.05, 4.69) is 10.6 Å². The summed E-state index contributed by atoms with van der Waals surface area (Å²) < 4.78 is 10.1. The van der Waals surface area contributed by atoms with E-state index in [1.54, 1.807) is 0 Å². The van der Waals surface area contributed by atoms with Crippen molar-refractivity contribution >= 4 is 12.0 Å². The lowest BCUT2D eigenvalue weighted by atomic mass is 10.1. The van der Waals surface area contributed by atoms with Gasteiger partial charge in [0.2, 0.25) is 0 Å². The molecule has 0 saturated carbocycles. The van der Waals surface area contributed by atoms with E-state index in [9.17, 15) is 9.59 Å². The summed E-state index contributed by atoms with van der Waals surface area (Å²) in [7, 11) is 1.48. The van der Waals surface area contributed by atoms with Crippen molar-refractivity contribution in [3.63, 3.8) is 0 Å². The number of nitrogens with one attached hydrogen (secondary N) is 2. The molecule has 1 aliphatic rings. The zero-order valence-electron chi connectivity index (χ0n) is 10.6. The molecule has 0 spiro atoms. The Balaban J connectivity index is 2.38. The van der Waals surface area contributed by atoms with Gasteiger partial charge in [-0.05, 0) is 13.3 Å². The molecule has 1 fully saturated rings. The summed E-state index contributed by atoms with van der Waals surface area (Å²) in [5, 5.41) is 14.1. The van der Waals surface area contributed by atoms with Crippen LogP contribution in [0.5, 0.6) is 0 Å². The molecule has 18 heavy (non-hydrogen) atoms. The predicted octanol–water partition coefficient (Wildman–Crippen LogP) is -0.0473. The van der Waals surface area contributed by atoms with Gasteiger partial charge in [0.25, 0.3) is 0 Å². The molecule has 7 nitrogen and oxygen atoms in total. The van der Waals surface area contributed by atoms with Gasteiger partial charge >= 0.3 is 12.0 Å². The number of aliphatic carboxylic acids is 1. The normalized spacial score (nSPS) is 24.6. The summed E-state index contributed by atoms with van der Waals surface area (Å²) in [5.41, 5.74) is 0. The lowest BCUT2D eigenvalue weighted by molar-refractivity contribution is -0.139. The molecular formula is C11H20N2O5. The lowest BCUT2D eigenvalue weighted by Crippen LogP contribution is -2.50. The van der Waals surface area contributed by atoms with Crippen LogP contribution in [0.2, 0.25) is 0 Å². The molecule has 0 aromatic heterocycles. The number of ether oxygens (including phenoxy) is 2. The molecule has 0 bridgehead atoms.